The molecule has 0 fully saturated rings. The van der Waals surface area contributed by atoms with E-state index in [0.29, 0.717) is 17.9 Å². The Kier molecular flexibility index (Phi) is 4.52. The van der Waals surface area contributed by atoms with Gasteiger partial charge in [-0.25, -0.2) is 8.42 Å². The quantitative estimate of drug-likeness (QED) is 0.825. The smallest absolute Gasteiger partial charge is 0.261 e. The van der Waals surface area contributed by atoms with Gasteiger partial charge in [-0.1, -0.05) is 0 Å². The zero-order chi connectivity index (χ0) is 14.8. The van der Waals surface area contributed by atoms with Crippen LogP contribution in [-0.2, 0) is 18.6 Å². The van der Waals surface area contributed by atoms with Gasteiger partial charge in [0.15, 0.2) is 0 Å². The van der Waals surface area contributed by atoms with E-state index in [4.69, 9.17) is 20.2 Å². The minimum absolute atomic E-state index is 0.0209. The minimum Gasteiger partial charge on any atom is -0.491 e. The molecule has 20 heavy (non-hydrogen) atoms. The summed E-state index contributed by atoms with van der Waals surface area (Å²) < 4.78 is 33.0. The molecule has 0 radical (unpaired) electrons. The molecule has 0 spiro atoms. The monoisotopic (exact) mass is 319 g/mol. The van der Waals surface area contributed by atoms with E-state index in [9.17, 15) is 13.2 Å². The van der Waals surface area contributed by atoms with Gasteiger partial charge in [-0.15, -0.1) is 0 Å². The van der Waals surface area contributed by atoms with Crippen LogP contribution in [0.25, 0.3) is 0 Å². The van der Waals surface area contributed by atoms with Crippen LogP contribution in [0.1, 0.15) is 18.5 Å². The normalized spacial score (nSPS) is 17.4. The molecule has 2 rings (SSSR count). The number of benzene rings is 1. The lowest BCUT2D eigenvalue weighted by Crippen LogP contribution is -2.32. The number of rotatable bonds is 5. The summed E-state index contributed by atoms with van der Waals surface area (Å²) in [7, 11) is 1.50. The van der Waals surface area contributed by atoms with Crippen molar-refractivity contribution in [3.63, 3.8) is 0 Å². The Bertz CT molecular complexity index is 616. The number of amides is 1. The van der Waals surface area contributed by atoms with Crippen LogP contribution in [0.5, 0.6) is 5.75 Å². The summed E-state index contributed by atoms with van der Waals surface area (Å²) in [5, 5.41) is 2.72. The molecule has 1 amide bonds. The summed E-state index contributed by atoms with van der Waals surface area (Å²) in [5.41, 5.74) is 0.594. The van der Waals surface area contributed by atoms with Gasteiger partial charge in [-0.05, 0) is 25.1 Å². The first-order chi connectivity index (χ1) is 9.41. The van der Waals surface area contributed by atoms with Crippen LogP contribution in [0, 0.1) is 0 Å². The van der Waals surface area contributed by atoms with E-state index in [1.807, 2.05) is 0 Å². The lowest BCUT2D eigenvalue weighted by molar-refractivity contribution is -0.126. The Balaban J connectivity index is 2.17. The fraction of sp³-hybridized carbons (Fsp3) is 0.417. The summed E-state index contributed by atoms with van der Waals surface area (Å²) in [6.45, 7) is 2.44. The first-order valence-corrected chi connectivity index (χ1v) is 8.31. The van der Waals surface area contributed by atoms with Crippen molar-refractivity contribution in [1.29, 1.82) is 0 Å². The third kappa shape index (κ3) is 3.41. The highest BCUT2D eigenvalue weighted by Gasteiger charge is 2.27. The highest BCUT2D eigenvalue weighted by molar-refractivity contribution is 8.13. The molecular formula is C12H14ClNO5S. The molecule has 0 bridgehead atoms. The van der Waals surface area contributed by atoms with Gasteiger partial charge in [0.25, 0.3) is 9.05 Å². The Hall–Kier alpha value is -1.31. The van der Waals surface area contributed by atoms with E-state index < -0.39 is 15.1 Å². The van der Waals surface area contributed by atoms with Crippen molar-refractivity contribution < 1.29 is 22.7 Å². The van der Waals surface area contributed by atoms with Crippen LogP contribution in [0.15, 0.2) is 23.1 Å². The number of carbonyl (C=O) groups is 1. The SMILES string of the molecule is CCOCC(=O)NC1COc2ccc(S(=O)(=O)Cl)cc21. The highest BCUT2D eigenvalue weighted by Crippen LogP contribution is 2.34. The maximum atomic E-state index is 11.6. The van der Waals surface area contributed by atoms with Gasteiger partial charge < -0.3 is 14.8 Å². The molecule has 1 heterocycles. The van der Waals surface area contributed by atoms with Crippen molar-refractivity contribution in [3.05, 3.63) is 23.8 Å². The van der Waals surface area contributed by atoms with E-state index in [2.05, 4.69) is 5.32 Å². The van der Waals surface area contributed by atoms with Gasteiger partial charge >= 0.3 is 0 Å². The van der Waals surface area contributed by atoms with Crippen molar-refractivity contribution in [1.82, 2.24) is 5.32 Å². The Morgan fingerprint density at radius 3 is 2.95 bits per heavy atom. The van der Waals surface area contributed by atoms with E-state index >= 15 is 0 Å². The average Bonchev–Trinajstić information content (AvgIpc) is 2.78. The standard InChI is InChI=1S/C12H14ClNO5S/c1-2-18-7-12(15)14-10-6-19-11-4-3-8(5-9(10)11)20(13,16)17/h3-5,10H,2,6-7H2,1H3,(H,14,15). The Morgan fingerprint density at radius 1 is 1.55 bits per heavy atom. The first kappa shape index (κ1) is 15.1. The molecule has 1 aromatic rings. The van der Waals surface area contributed by atoms with Crippen molar-refractivity contribution in [2.24, 2.45) is 0 Å². The van der Waals surface area contributed by atoms with E-state index in [1.165, 1.54) is 18.2 Å². The van der Waals surface area contributed by atoms with Gasteiger partial charge in [0.05, 0.1) is 10.9 Å². The summed E-state index contributed by atoms with van der Waals surface area (Å²) in [4.78, 5) is 11.6. The maximum absolute atomic E-state index is 11.6. The van der Waals surface area contributed by atoms with E-state index in [0.717, 1.165) is 0 Å². The van der Waals surface area contributed by atoms with Crippen molar-refractivity contribution in [2.45, 2.75) is 17.9 Å². The highest BCUT2D eigenvalue weighted by atomic mass is 35.7. The predicted octanol–water partition coefficient (Wildman–Crippen LogP) is 1.20. The molecule has 1 aromatic carbocycles. The molecule has 0 aromatic heterocycles. The van der Waals surface area contributed by atoms with Crippen molar-refractivity contribution in [2.75, 3.05) is 19.8 Å². The molecule has 6 nitrogen and oxygen atoms in total. The Labute approximate surface area is 121 Å². The van der Waals surface area contributed by atoms with Gasteiger partial charge in [-0.3, -0.25) is 4.79 Å². The second kappa shape index (κ2) is 5.99. The average molecular weight is 320 g/mol. The molecule has 1 atom stereocenters. The second-order valence-corrected chi connectivity index (χ2v) is 6.77. The largest absolute Gasteiger partial charge is 0.491 e. The van der Waals surface area contributed by atoms with Crippen LogP contribution < -0.4 is 10.1 Å². The minimum atomic E-state index is -3.81. The maximum Gasteiger partial charge on any atom is 0.261 e. The molecule has 8 heteroatoms. The molecule has 0 saturated carbocycles. The van der Waals surface area contributed by atoms with Crippen molar-refractivity contribution >= 4 is 25.6 Å². The molecule has 110 valence electrons. The number of fused-ring (bicyclic) bond motifs is 1. The summed E-state index contributed by atoms with van der Waals surface area (Å²) in [6.07, 6.45) is 0. The molecule has 1 N–H and O–H groups in total. The summed E-state index contributed by atoms with van der Waals surface area (Å²) in [5.74, 6) is 0.253. The van der Waals surface area contributed by atoms with Crippen LogP contribution >= 0.6 is 10.7 Å². The third-order valence-corrected chi connectivity index (χ3v) is 4.17. The van der Waals surface area contributed by atoms with E-state index in [-0.39, 0.29) is 24.0 Å². The summed E-state index contributed by atoms with van der Waals surface area (Å²) in [6, 6.07) is 3.90. The fourth-order valence-electron chi connectivity index (χ4n) is 1.90. The van der Waals surface area contributed by atoms with Crippen LogP contribution in [0.3, 0.4) is 0 Å². The zero-order valence-electron chi connectivity index (χ0n) is 10.8. The molecule has 1 aliphatic rings. The molecule has 0 aliphatic carbocycles. The fourth-order valence-corrected chi connectivity index (χ4v) is 2.68. The van der Waals surface area contributed by atoms with Gasteiger partial charge in [0, 0.05) is 22.9 Å². The number of ether oxygens (including phenoxy) is 2. The topological polar surface area (TPSA) is 81.7 Å². The number of hydrogen-bond acceptors (Lipinski definition) is 5. The van der Waals surface area contributed by atoms with Crippen LogP contribution in [0.4, 0.5) is 0 Å². The molecule has 1 unspecified atom stereocenters. The summed E-state index contributed by atoms with van der Waals surface area (Å²) >= 11 is 0. The number of carbonyl (C=O) groups excluding carboxylic acids is 1. The molecule has 0 saturated heterocycles. The van der Waals surface area contributed by atoms with Gasteiger partial charge in [0.1, 0.15) is 19.0 Å². The number of hydrogen-bond donors (Lipinski definition) is 1. The lowest BCUT2D eigenvalue weighted by Gasteiger charge is -2.12. The van der Waals surface area contributed by atoms with Crippen LogP contribution in [-0.4, -0.2) is 34.1 Å². The number of nitrogens with one attached hydrogen (secondary N) is 1. The molecule has 1 aliphatic heterocycles. The first-order valence-electron chi connectivity index (χ1n) is 6.00. The van der Waals surface area contributed by atoms with Gasteiger partial charge in [-0.2, -0.15) is 0 Å². The Morgan fingerprint density at radius 2 is 2.30 bits per heavy atom. The van der Waals surface area contributed by atoms with Crippen molar-refractivity contribution in [3.8, 4) is 5.75 Å². The lowest BCUT2D eigenvalue weighted by atomic mass is 10.1. The van der Waals surface area contributed by atoms with Gasteiger partial charge in [0.2, 0.25) is 5.91 Å². The van der Waals surface area contributed by atoms with E-state index in [1.54, 1.807) is 6.92 Å². The zero-order valence-corrected chi connectivity index (χ0v) is 12.3. The predicted molar refractivity (Wildman–Crippen MR) is 72.4 cm³/mol. The molecular weight excluding hydrogens is 306 g/mol. The second-order valence-electron chi connectivity index (χ2n) is 4.21. The van der Waals surface area contributed by atoms with Crippen LogP contribution in [0.2, 0.25) is 0 Å². The number of halogens is 1. The third-order valence-electron chi connectivity index (χ3n) is 2.82.